The SMILES string of the molecule is CCOC(=O)c1c(NC(=S)NC2CCCCC2)sc2c1C[C@](C)(CC)OC2. The highest BCUT2D eigenvalue weighted by atomic mass is 32.1. The zero-order chi connectivity index (χ0) is 19.4. The molecule has 0 radical (unpaired) electrons. The lowest BCUT2D eigenvalue weighted by Gasteiger charge is -2.33. The number of esters is 1. The van der Waals surface area contributed by atoms with Crippen molar-refractivity contribution in [3.8, 4) is 0 Å². The molecule has 1 saturated carbocycles. The number of hydrogen-bond donors (Lipinski definition) is 2. The normalized spacial score (nSPS) is 22.8. The van der Waals surface area contributed by atoms with Gasteiger partial charge in [0.15, 0.2) is 5.11 Å². The van der Waals surface area contributed by atoms with Crippen molar-refractivity contribution >= 4 is 39.6 Å². The second-order valence-electron chi connectivity index (χ2n) is 7.63. The van der Waals surface area contributed by atoms with Gasteiger partial charge in [0.2, 0.25) is 0 Å². The second-order valence-corrected chi connectivity index (χ2v) is 9.14. The summed E-state index contributed by atoms with van der Waals surface area (Å²) in [7, 11) is 0. The first-order valence-electron chi connectivity index (χ1n) is 9.99. The van der Waals surface area contributed by atoms with E-state index in [1.54, 1.807) is 11.3 Å². The van der Waals surface area contributed by atoms with Gasteiger partial charge in [0, 0.05) is 17.3 Å². The van der Waals surface area contributed by atoms with E-state index in [1.165, 1.54) is 19.3 Å². The van der Waals surface area contributed by atoms with Gasteiger partial charge in [-0.3, -0.25) is 0 Å². The summed E-state index contributed by atoms with van der Waals surface area (Å²) in [5.41, 5.74) is 1.44. The summed E-state index contributed by atoms with van der Waals surface area (Å²) in [4.78, 5) is 13.8. The van der Waals surface area contributed by atoms with Gasteiger partial charge in [-0.25, -0.2) is 4.79 Å². The van der Waals surface area contributed by atoms with Gasteiger partial charge in [-0.15, -0.1) is 11.3 Å². The Kier molecular flexibility index (Phi) is 6.76. The molecule has 0 amide bonds. The average Bonchev–Trinajstić information content (AvgIpc) is 2.99. The Morgan fingerprint density at radius 3 is 2.74 bits per heavy atom. The van der Waals surface area contributed by atoms with Crippen molar-refractivity contribution in [1.29, 1.82) is 0 Å². The average molecular weight is 411 g/mol. The number of fused-ring (bicyclic) bond motifs is 1. The first-order chi connectivity index (χ1) is 13.0. The first kappa shape index (κ1) is 20.6. The summed E-state index contributed by atoms with van der Waals surface area (Å²) >= 11 is 7.09. The quantitative estimate of drug-likeness (QED) is 0.538. The summed E-state index contributed by atoms with van der Waals surface area (Å²) in [5.74, 6) is -0.279. The molecule has 1 aromatic heterocycles. The number of ether oxygens (including phenoxy) is 2. The van der Waals surface area contributed by atoms with E-state index in [-0.39, 0.29) is 11.6 Å². The fourth-order valence-electron chi connectivity index (χ4n) is 3.79. The zero-order valence-corrected chi connectivity index (χ0v) is 18.1. The molecule has 0 unspecified atom stereocenters. The summed E-state index contributed by atoms with van der Waals surface area (Å²) in [6.45, 7) is 6.93. The molecule has 150 valence electrons. The molecule has 5 nitrogen and oxygen atoms in total. The number of thiophene rings is 1. The smallest absolute Gasteiger partial charge is 0.341 e. The van der Waals surface area contributed by atoms with E-state index in [1.807, 2.05) is 6.92 Å². The van der Waals surface area contributed by atoms with Crippen LogP contribution in [0.4, 0.5) is 5.00 Å². The van der Waals surface area contributed by atoms with Crippen LogP contribution in [0.15, 0.2) is 0 Å². The molecule has 0 aromatic carbocycles. The Morgan fingerprint density at radius 2 is 2.07 bits per heavy atom. The van der Waals surface area contributed by atoms with Gasteiger partial charge in [0.05, 0.1) is 24.4 Å². The van der Waals surface area contributed by atoms with Crippen LogP contribution in [0.1, 0.15) is 80.1 Å². The van der Waals surface area contributed by atoms with Crippen molar-refractivity contribution in [2.75, 3.05) is 11.9 Å². The molecule has 1 fully saturated rings. The number of carbonyl (C=O) groups is 1. The van der Waals surface area contributed by atoms with E-state index in [2.05, 4.69) is 24.5 Å². The van der Waals surface area contributed by atoms with E-state index in [0.717, 1.165) is 34.7 Å². The molecule has 0 saturated heterocycles. The van der Waals surface area contributed by atoms with Crippen LogP contribution in [0, 0.1) is 0 Å². The van der Waals surface area contributed by atoms with Gasteiger partial charge >= 0.3 is 5.97 Å². The number of nitrogens with one attached hydrogen (secondary N) is 2. The predicted molar refractivity (Wildman–Crippen MR) is 114 cm³/mol. The summed E-state index contributed by atoms with van der Waals surface area (Å²) in [6, 6.07) is 0.422. The lowest BCUT2D eigenvalue weighted by molar-refractivity contribution is -0.0548. The first-order valence-corrected chi connectivity index (χ1v) is 11.2. The summed E-state index contributed by atoms with van der Waals surface area (Å²) in [6.07, 6.45) is 7.71. The maximum Gasteiger partial charge on any atom is 0.341 e. The van der Waals surface area contributed by atoms with E-state index in [0.29, 0.717) is 36.4 Å². The van der Waals surface area contributed by atoms with Crippen LogP contribution in [-0.4, -0.2) is 29.3 Å². The fourth-order valence-corrected chi connectivity index (χ4v) is 5.24. The van der Waals surface area contributed by atoms with Gasteiger partial charge in [0.25, 0.3) is 0 Å². The molecule has 1 aliphatic carbocycles. The lowest BCUT2D eigenvalue weighted by Crippen LogP contribution is -2.39. The number of hydrogen-bond acceptors (Lipinski definition) is 5. The van der Waals surface area contributed by atoms with Crippen molar-refractivity contribution in [1.82, 2.24) is 5.32 Å². The number of carbonyl (C=O) groups excluding carboxylic acids is 1. The molecular formula is C20H30N2O3S2. The number of anilines is 1. The lowest BCUT2D eigenvalue weighted by atomic mass is 9.89. The number of thiocarbonyl (C=S) groups is 1. The van der Waals surface area contributed by atoms with Crippen LogP contribution in [0.25, 0.3) is 0 Å². The minimum Gasteiger partial charge on any atom is -0.462 e. The number of rotatable bonds is 5. The van der Waals surface area contributed by atoms with Gasteiger partial charge in [-0.05, 0) is 50.9 Å². The van der Waals surface area contributed by atoms with Crippen molar-refractivity contribution in [3.05, 3.63) is 16.0 Å². The Morgan fingerprint density at radius 1 is 1.33 bits per heavy atom. The predicted octanol–water partition coefficient (Wildman–Crippen LogP) is 4.79. The molecule has 3 rings (SSSR count). The third-order valence-corrected chi connectivity index (χ3v) is 6.93. The maximum absolute atomic E-state index is 12.7. The molecule has 1 atom stereocenters. The van der Waals surface area contributed by atoms with Crippen molar-refractivity contribution in [2.45, 2.75) is 84.0 Å². The monoisotopic (exact) mass is 410 g/mol. The molecule has 2 heterocycles. The van der Waals surface area contributed by atoms with E-state index < -0.39 is 0 Å². The van der Waals surface area contributed by atoms with Crippen LogP contribution < -0.4 is 10.6 Å². The largest absolute Gasteiger partial charge is 0.462 e. The van der Waals surface area contributed by atoms with Crippen LogP contribution in [0.5, 0.6) is 0 Å². The summed E-state index contributed by atoms with van der Waals surface area (Å²) < 4.78 is 11.4. The topological polar surface area (TPSA) is 59.6 Å². The van der Waals surface area contributed by atoms with Crippen LogP contribution in [-0.2, 0) is 22.5 Å². The molecule has 27 heavy (non-hydrogen) atoms. The molecule has 7 heteroatoms. The van der Waals surface area contributed by atoms with Crippen molar-refractivity contribution in [2.24, 2.45) is 0 Å². The summed E-state index contributed by atoms with van der Waals surface area (Å²) in [5, 5.41) is 8.06. The second kappa shape index (κ2) is 8.88. The molecule has 0 spiro atoms. The molecular weight excluding hydrogens is 380 g/mol. The van der Waals surface area contributed by atoms with E-state index in [9.17, 15) is 4.79 Å². The highest BCUT2D eigenvalue weighted by Gasteiger charge is 2.36. The minimum atomic E-state index is -0.279. The van der Waals surface area contributed by atoms with E-state index >= 15 is 0 Å². The zero-order valence-electron chi connectivity index (χ0n) is 16.5. The molecule has 2 aliphatic rings. The van der Waals surface area contributed by atoms with Gasteiger partial charge in [-0.2, -0.15) is 0 Å². The van der Waals surface area contributed by atoms with Crippen LogP contribution in [0.3, 0.4) is 0 Å². The van der Waals surface area contributed by atoms with Crippen molar-refractivity contribution in [3.63, 3.8) is 0 Å². The standard InChI is InChI=1S/C20H30N2O3S2/c1-4-20(3)11-14-15(12-25-20)27-17(16(14)18(23)24-5-2)22-19(26)21-13-9-7-6-8-10-13/h13H,4-12H2,1-3H3,(H2,21,22,26)/t20-/m0/s1. The molecule has 1 aliphatic heterocycles. The maximum atomic E-state index is 12.7. The Labute approximate surface area is 171 Å². The fraction of sp³-hybridized carbons (Fsp3) is 0.700. The third kappa shape index (κ3) is 4.81. The Balaban J connectivity index is 1.81. The highest BCUT2D eigenvalue weighted by Crippen LogP contribution is 2.41. The van der Waals surface area contributed by atoms with Crippen molar-refractivity contribution < 1.29 is 14.3 Å². The Bertz CT molecular complexity index is 698. The van der Waals surface area contributed by atoms with E-state index in [4.69, 9.17) is 21.7 Å². The minimum absolute atomic E-state index is 0.243. The highest BCUT2D eigenvalue weighted by molar-refractivity contribution is 7.80. The third-order valence-electron chi connectivity index (χ3n) is 5.59. The van der Waals surface area contributed by atoms with Crippen LogP contribution in [0.2, 0.25) is 0 Å². The molecule has 1 aromatic rings. The van der Waals surface area contributed by atoms with Gasteiger partial charge < -0.3 is 20.1 Å². The van der Waals surface area contributed by atoms with Gasteiger partial charge in [-0.1, -0.05) is 26.2 Å². The molecule has 2 N–H and O–H groups in total. The van der Waals surface area contributed by atoms with Gasteiger partial charge in [0.1, 0.15) is 5.00 Å². The molecule has 0 bridgehead atoms. The van der Waals surface area contributed by atoms with Crippen LogP contribution >= 0.6 is 23.6 Å². The Hall–Kier alpha value is -1.18.